The minimum absolute atomic E-state index is 0.0907. The average molecular weight is 467 g/mol. The van der Waals surface area contributed by atoms with Crippen LogP contribution < -0.4 is 0 Å². The number of halogens is 1. The lowest BCUT2D eigenvalue weighted by molar-refractivity contribution is -0.933. The first-order valence-electron chi connectivity index (χ1n) is 11.2. The standard InChI is InChI=1S/C22H41ClNO5S/c1-7-8-14-9-16(24(5,11-14)12(2)3)17(25)10-15(13(4)23)21-19(27)18(26)20(28)22(29-21)30-6/h12-16,18-22,26-28H,7-11H2,1-6H3/q+1/t13-,14+,15+,16-,18-,19+,20+,21+,22+,24?/m0/s1. The van der Waals surface area contributed by atoms with E-state index in [0.29, 0.717) is 12.0 Å². The normalized spacial score (nSPS) is 41.8. The van der Waals surface area contributed by atoms with Gasteiger partial charge in [-0.1, -0.05) is 13.3 Å². The van der Waals surface area contributed by atoms with Crippen LogP contribution in [-0.4, -0.2) is 92.7 Å². The Morgan fingerprint density at radius 3 is 2.33 bits per heavy atom. The molecule has 8 heteroatoms. The number of hydrogen-bond donors (Lipinski definition) is 3. The van der Waals surface area contributed by atoms with Crippen LogP contribution in [0.15, 0.2) is 0 Å². The number of likely N-dealkylation sites (N-methyl/N-ethyl adjacent to an activating group) is 1. The summed E-state index contributed by atoms with van der Waals surface area (Å²) >= 11 is 7.75. The van der Waals surface area contributed by atoms with Crippen LogP contribution >= 0.6 is 23.4 Å². The van der Waals surface area contributed by atoms with Gasteiger partial charge in [0.25, 0.3) is 0 Å². The molecule has 176 valence electrons. The Morgan fingerprint density at radius 1 is 1.20 bits per heavy atom. The number of likely N-dealkylation sites (tertiary alicyclic amines) is 1. The number of ketones is 1. The minimum Gasteiger partial charge on any atom is -0.388 e. The zero-order valence-corrected chi connectivity index (χ0v) is 20.8. The van der Waals surface area contributed by atoms with Crippen molar-refractivity contribution in [3.63, 3.8) is 0 Å². The highest BCUT2D eigenvalue weighted by molar-refractivity contribution is 7.99. The van der Waals surface area contributed by atoms with Gasteiger partial charge in [0.15, 0.2) is 5.78 Å². The first-order chi connectivity index (χ1) is 14.0. The van der Waals surface area contributed by atoms with Crippen molar-refractivity contribution in [2.45, 2.75) is 101 Å². The quantitative estimate of drug-likeness (QED) is 0.357. The highest BCUT2D eigenvalue weighted by Gasteiger charge is 2.52. The maximum Gasteiger partial charge on any atom is 0.190 e. The first-order valence-corrected chi connectivity index (χ1v) is 12.9. The van der Waals surface area contributed by atoms with Gasteiger partial charge in [0.1, 0.15) is 29.8 Å². The van der Waals surface area contributed by atoms with Crippen LogP contribution in [0.2, 0.25) is 0 Å². The highest BCUT2D eigenvalue weighted by Crippen LogP contribution is 2.39. The van der Waals surface area contributed by atoms with Crippen molar-refractivity contribution in [2.75, 3.05) is 19.8 Å². The van der Waals surface area contributed by atoms with Crippen molar-refractivity contribution in [3.8, 4) is 0 Å². The molecule has 2 heterocycles. The molecule has 0 aromatic heterocycles. The zero-order chi connectivity index (χ0) is 22.8. The second kappa shape index (κ2) is 10.8. The third-order valence-corrected chi connectivity index (χ3v) is 8.63. The molecular formula is C22H41ClNO5S+. The number of aliphatic hydroxyl groups is 3. The predicted molar refractivity (Wildman–Crippen MR) is 122 cm³/mol. The molecule has 0 spiro atoms. The van der Waals surface area contributed by atoms with E-state index in [-0.39, 0.29) is 18.2 Å². The van der Waals surface area contributed by atoms with Gasteiger partial charge in [0.05, 0.1) is 25.7 Å². The van der Waals surface area contributed by atoms with Gasteiger partial charge < -0.3 is 24.5 Å². The summed E-state index contributed by atoms with van der Waals surface area (Å²) in [5, 5.41) is 30.6. The zero-order valence-electron chi connectivity index (χ0n) is 19.2. The number of Topliss-reactive ketones (excluding diaryl/α,β-unsaturated/α-hetero) is 1. The van der Waals surface area contributed by atoms with E-state index in [1.54, 1.807) is 13.2 Å². The number of nitrogens with zero attached hydrogens (tertiary/aromatic N) is 1. The number of rotatable bonds is 9. The van der Waals surface area contributed by atoms with Crippen LogP contribution in [0.3, 0.4) is 0 Å². The van der Waals surface area contributed by atoms with Crippen LogP contribution in [0, 0.1) is 11.8 Å². The number of aliphatic hydroxyl groups excluding tert-OH is 3. The molecule has 2 aliphatic rings. The molecule has 6 nitrogen and oxygen atoms in total. The maximum atomic E-state index is 13.5. The van der Waals surface area contributed by atoms with Crippen molar-refractivity contribution in [3.05, 3.63) is 0 Å². The van der Waals surface area contributed by atoms with Crippen molar-refractivity contribution in [1.82, 2.24) is 0 Å². The fraction of sp³-hybridized carbons (Fsp3) is 0.955. The van der Waals surface area contributed by atoms with Gasteiger partial charge in [-0.25, -0.2) is 0 Å². The molecule has 1 unspecified atom stereocenters. The fourth-order valence-electron chi connectivity index (χ4n) is 5.29. The van der Waals surface area contributed by atoms with E-state index >= 15 is 0 Å². The number of carbonyl (C=O) groups is 1. The van der Waals surface area contributed by atoms with Crippen LogP contribution in [0.1, 0.15) is 53.4 Å². The molecule has 10 atom stereocenters. The van der Waals surface area contributed by atoms with Crippen molar-refractivity contribution in [2.24, 2.45) is 11.8 Å². The number of carbonyl (C=O) groups excluding carboxylic acids is 1. The smallest absolute Gasteiger partial charge is 0.190 e. The highest BCUT2D eigenvalue weighted by atomic mass is 35.5. The van der Waals surface area contributed by atoms with E-state index < -0.39 is 41.1 Å². The predicted octanol–water partition coefficient (Wildman–Crippen LogP) is 2.40. The molecule has 2 rings (SSSR count). The van der Waals surface area contributed by atoms with Gasteiger partial charge in [0, 0.05) is 30.1 Å². The summed E-state index contributed by atoms with van der Waals surface area (Å²) in [7, 11) is 2.18. The summed E-state index contributed by atoms with van der Waals surface area (Å²) in [5.74, 6) is 0.244. The van der Waals surface area contributed by atoms with E-state index in [1.165, 1.54) is 11.8 Å². The van der Waals surface area contributed by atoms with Crippen molar-refractivity contribution in [1.29, 1.82) is 0 Å². The fourth-order valence-corrected chi connectivity index (χ4v) is 6.21. The Bertz CT molecular complexity index is 578. The molecule has 2 fully saturated rings. The summed E-state index contributed by atoms with van der Waals surface area (Å²) in [4.78, 5) is 13.5. The van der Waals surface area contributed by atoms with E-state index in [9.17, 15) is 20.1 Å². The van der Waals surface area contributed by atoms with Gasteiger partial charge in [-0.05, 0) is 33.4 Å². The molecule has 30 heavy (non-hydrogen) atoms. The Kier molecular flexibility index (Phi) is 9.51. The molecular weight excluding hydrogens is 426 g/mol. The Morgan fingerprint density at radius 2 is 1.83 bits per heavy atom. The summed E-state index contributed by atoms with van der Waals surface area (Å²) in [5.41, 5.74) is -0.668. The molecule has 0 aromatic carbocycles. The lowest BCUT2D eigenvalue weighted by atomic mass is 9.83. The number of thioether (sulfide) groups is 1. The van der Waals surface area contributed by atoms with Crippen LogP contribution in [0.4, 0.5) is 0 Å². The number of quaternary nitrogens is 1. The number of hydrogen-bond acceptors (Lipinski definition) is 6. The largest absolute Gasteiger partial charge is 0.388 e. The summed E-state index contributed by atoms with van der Waals surface area (Å²) in [6.45, 7) is 9.33. The van der Waals surface area contributed by atoms with Crippen molar-refractivity contribution >= 4 is 29.1 Å². The van der Waals surface area contributed by atoms with Gasteiger partial charge in [0.2, 0.25) is 0 Å². The summed E-state index contributed by atoms with van der Waals surface area (Å²) < 4.78 is 6.67. The van der Waals surface area contributed by atoms with Crippen LogP contribution in [0.5, 0.6) is 0 Å². The topological polar surface area (TPSA) is 87.0 Å². The second-order valence-electron chi connectivity index (χ2n) is 9.72. The van der Waals surface area contributed by atoms with E-state index in [4.69, 9.17) is 16.3 Å². The van der Waals surface area contributed by atoms with Crippen LogP contribution in [-0.2, 0) is 9.53 Å². The molecule has 3 N–H and O–H groups in total. The van der Waals surface area contributed by atoms with Crippen molar-refractivity contribution < 1.29 is 29.3 Å². The lowest BCUT2D eigenvalue weighted by Crippen LogP contribution is -2.60. The molecule has 0 amide bonds. The molecule has 0 bridgehead atoms. The molecule has 2 aliphatic heterocycles. The second-order valence-corrected chi connectivity index (χ2v) is 11.3. The van der Waals surface area contributed by atoms with Gasteiger partial charge >= 0.3 is 0 Å². The SMILES string of the molecule is CCC[C@@H]1C[C@@H](C(=O)C[C@@H]([C@H]2O[C@H](SC)[C@H](O)[C@@H](O)[C@H]2O)[C@H](C)Cl)[N+](C)(C(C)C)C1. The Hall–Kier alpha value is 0.110. The third-order valence-electron chi connectivity index (χ3n) is 7.46. The molecule has 0 radical (unpaired) electrons. The van der Waals surface area contributed by atoms with Gasteiger partial charge in [-0.15, -0.1) is 23.4 Å². The summed E-state index contributed by atoms with van der Waals surface area (Å²) in [6.07, 6.45) is 0.497. The van der Waals surface area contributed by atoms with Gasteiger partial charge in [-0.2, -0.15) is 0 Å². The van der Waals surface area contributed by atoms with E-state index in [0.717, 1.165) is 30.3 Å². The molecule has 0 aliphatic carbocycles. The number of alkyl halides is 1. The van der Waals surface area contributed by atoms with E-state index in [1.807, 2.05) is 0 Å². The Labute approximate surface area is 190 Å². The Balaban J connectivity index is 2.22. The van der Waals surface area contributed by atoms with Crippen LogP contribution in [0.25, 0.3) is 0 Å². The molecule has 0 aromatic rings. The van der Waals surface area contributed by atoms with Gasteiger partial charge in [-0.3, -0.25) is 4.79 Å². The third kappa shape index (κ3) is 5.36. The average Bonchev–Trinajstić information content (AvgIpc) is 3.03. The number of ether oxygens (including phenoxy) is 1. The maximum absolute atomic E-state index is 13.5. The minimum atomic E-state index is -1.33. The molecule has 2 saturated heterocycles. The monoisotopic (exact) mass is 466 g/mol. The summed E-state index contributed by atoms with van der Waals surface area (Å²) in [6, 6.07) is 0.245. The van der Waals surface area contributed by atoms with E-state index in [2.05, 4.69) is 27.8 Å². The molecule has 0 saturated carbocycles. The first kappa shape index (κ1) is 26.4. The lowest BCUT2D eigenvalue weighted by Gasteiger charge is -2.44.